The Morgan fingerprint density at radius 3 is 2.62 bits per heavy atom. The minimum atomic E-state index is -0.288. The van der Waals surface area contributed by atoms with Crippen LogP contribution < -0.4 is 14.9 Å². The van der Waals surface area contributed by atoms with Crippen molar-refractivity contribution in [3.63, 3.8) is 0 Å². The number of ether oxygens (including phenoxy) is 2. The van der Waals surface area contributed by atoms with Crippen molar-refractivity contribution in [3.05, 3.63) is 48.1 Å². The van der Waals surface area contributed by atoms with Crippen LogP contribution in [0.1, 0.15) is 26.7 Å². The number of hydrogen-bond donors (Lipinski definition) is 1. The molecular weight excluding hydrogens is 304 g/mol. The molecule has 128 valence electrons. The van der Waals surface area contributed by atoms with E-state index >= 15 is 0 Å². The Labute approximate surface area is 143 Å². The third-order valence-corrected chi connectivity index (χ3v) is 4.05. The number of hydrazone groups is 1. The van der Waals surface area contributed by atoms with Crippen molar-refractivity contribution in [2.45, 2.75) is 26.7 Å². The van der Waals surface area contributed by atoms with Crippen LogP contribution in [0.5, 0.6) is 11.5 Å². The number of benzene rings is 1. The molecule has 0 heterocycles. The van der Waals surface area contributed by atoms with Crippen LogP contribution in [-0.2, 0) is 4.79 Å². The van der Waals surface area contributed by atoms with Gasteiger partial charge in [-0.1, -0.05) is 18.2 Å². The fourth-order valence-corrected chi connectivity index (χ4v) is 2.41. The first-order valence-corrected chi connectivity index (χ1v) is 7.94. The molecule has 5 nitrogen and oxygen atoms in total. The van der Waals surface area contributed by atoms with E-state index in [1.54, 1.807) is 31.4 Å². The van der Waals surface area contributed by atoms with Crippen molar-refractivity contribution < 1.29 is 14.3 Å². The molecule has 1 atom stereocenters. The molecule has 1 aromatic carbocycles. The predicted molar refractivity (Wildman–Crippen MR) is 95.4 cm³/mol. The second-order valence-electron chi connectivity index (χ2n) is 5.93. The molecule has 1 amide bonds. The smallest absolute Gasteiger partial charge is 0.277 e. The van der Waals surface area contributed by atoms with Crippen LogP contribution in [0.25, 0.3) is 0 Å². The van der Waals surface area contributed by atoms with E-state index in [9.17, 15) is 4.79 Å². The summed E-state index contributed by atoms with van der Waals surface area (Å²) in [6, 6.07) is 7.07. The Hall–Kier alpha value is -2.56. The maximum Gasteiger partial charge on any atom is 0.277 e. The zero-order valence-corrected chi connectivity index (χ0v) is 14.5. The first-order valence-electron chi connectivity index (χ1n) is 7.94. The Morgan fingerprint density at radius 2 is 2.00 bits per heavy atom. The molecule has 5 heteroatoms. The normalized spacial score (nSPS) is 18.7. The standard InChI is InChI=1S/C19H24N2O3/c1-13(2)15-6-5-14(3)18(11-15)20-21-19(22)12-24-17-9-7-16(23-4)8-10-17/h5,7-10,15H,1,6,11-12H2,2-4H3,(H,21,22)/b20-18+. The summed E-state index contributed by atoms with van der Waals surface area (Å²) in [5, 5.41) is 4.24. The van der Waals surface area contributed by atoms with E-state index < -0.39 is 0 Å². The number of amides is 1. The molecule has 0 spiro atoms. The molecule has 0 radical (unpaired) electrons. The molecule has 1 unspecified atom stereocenters. The lowest BCUT2D eigenvalue weighted by molar-refractivity contribution is -0.123. The van der Waals surface area contributed by atoms with Crippen molar-refractivity contribution in [2.75, 3.05) is 13.7 Å². The molecule has 0 bridgehead atoms. The summed E-state index contributed by atoms with van der Waals surface area (Å²) in [7, 11) is 1.60. The first kappa shape index (κ1) is 17.8. The molecule has 1 aromatic rings. The molecule has 1 aliphatic carbocycles. The van der Waals surface area contributed by atoms with Crippen LogP contribution in [0.4, 0.5) is 0 Å². The minimum Gasteiger partial charge on any atom is -0.497 e. The summed E-state index contributed by atoms with van der Waals surface area (Å²) in [5.74, 6) is 1.45. The summed E-state index contributed by atoms with van der Waals surface area (Å²) in [6.07, 6.45) is 3.92. The number of nitrogens with zero attached hydrogens (tertiary/aromatic N) is 1. The van der Waals surface area contributed by atoms with Crippen LogP contribution in [0, 0.1) is 5.92 Å². The van der Waals surface area contributed by atoms with E-state index in [1.807, 2.05) is 13.8 Å². The van der Waals surface area contributed by atoms with Crippen molar-refractivity contribution in [2.24, 2.45) is 11.0 Å². The largest absolute Gasteiger partial charge is 0.497 e. The maximum atomic E-state index is 11.9. The molecule has 1 N–H and O–H groups in total. The Kier molecular flexibility index (Phi) is 6.18. The highest BCUT2D eigenvalue weighted by Gasteiger charge is 2.18. The first-order chi connectivity index (χ1) is 11.5. The molecule has 0 saturated heterocycles. The van der Waals surface area contributed by atoms with Gasteiger partial charge in [0.25, 0.3) is 5.91 Å². The molecule has 2 rings (SSSR count). The van der Waals surface area contributed by atoms with Gasteiger partial charge in [-0.3, -0.25) is 4.79 Å². The van der Waals surface area contributed by atoms with Gasteiger partial charge in [0.2, 0.25) is 0 Å². The minimum absolute atomic E-state index is 0.0875. The molecule has 0 fully saturated rings. The van der Waals surface area contributed by atoms with E-state index in [1.165, 1.54) is 0 Å². The number of hydrogen-bond acceptors (Lipinski definition) is 4. The molecule has 0 saturated carbocycles. The van der Waals surface area contributed by atoms with E-state index in [4.69, 9.17) is 9.47 Å². The zero-order chi connectivity index (χ0) is 17.5. The fraction of sp³-hybridized carbons (Fsp3) is 0.368. The van der Waals surface area contributed by atoms with Crippen LogP contribution in [0.2, 0.25) is 0 Å². The third kappa shape index (κ3) is 4.98. The lowest BCUT2D eigenvalue weighted by atomic mass is 9.85. The number of methoxy groups -OCH3 is 1. The van der Waals surface area contributed by atoms with Gasteiger partial charge in [0.1, 0.15) is 11.5 Å². The highest BCUT2D eigenvalue weighted by atomic mass is 16.5. The van der Waals surface area contributed by atoms with Gasteiger partial charge in [-0.25, -0.2) is 5.43 Å². The number of carbonyl (C=O) groups excluding carboxylic acids is 1. The van der Waals surface area contributed by atoms with Gasteiger partial charge in [0, 0.05) is 0 Å². The average Bonchev–Trinajstić information content (AvgIpc) is 2.59. The number of allylic oxidation sites excluding steroid dienone is 3. The predicted octanol–water partition coefficient (Wildman–Crippen LogP) is 3.48. The molecule has 1 aliphatic rings. The fourth-order valence-electron chi connectivity index (χ4n) is 2.41. The van der Waals surface area contributed by atoms with Crippen molar-refractivity contribution in [1.82, 2.24) is 5.43 Å². The summed E-state index contributed by atoms with van der Waals surface area (Å²) in [6.45, 7) is 7.95. The van der Waals surface area contributed by atoms with Crippen LogP contribution in [-0.4, -0.2) is 25.3 Å². The molecule has 0 aromatic heterocycles. The summed E-state index contributed by atoms with van der Waals surface area (Å²) in [4.78, 5) is 11.9. The monoisotopic (exact) mass is 328 g/mol. The molecule has 0 aliphatic heterocycles. The van der Waals surface area contributed by atoms with Gasteiger partial charge in [-0.2, -0.15) is 5.10 Å². The summed E-state index contributed by atoms with van der Waals surface area (Å²) < 4.78 is 10.5. The van der Waals surface area contributed by atoms with Crippen molar-refractivity contribution in [1.29, 1.82) is 0 Å². The van der Waals surface area contributed by atoms with Crippen LogP contribution >= 0.6 is 0 Å². The van der Waals surface area contributed by atoms with Gasteiger partial charge in [0.05, 0.1) is 12.8 Å². The molecular formula is C19H24N2O3. The van der Waals surface area contributed by atoms with Gasteiger partial charge >= 0.3 is 0 Å². The summed E-state index contributed by atoms with van der Waals surface area (Å²) in [5.41, 5.74) is 5.70. The third-order valence-electron chi connectivity index (χ3n) is 4.05. The quantitative estimate of drug-likeness (QED) is 0.642. The van der Waals surface area contributed by atoms with Crippen molar-refractivity contribution >= 4 is 11.6 Å². The highest BCUT2D eigenvalue weighted by molar-refractivity contribution is 6.01. The van der Waals surface area contributed by atoms with E-state index in [2.05, 4.69) is 23.2 Å². The van der Waals surface area contributed by atoms with Crippen LogP contribution in [0.15, 0.2) is 53.2 Å². The lowest BCUT2D eigenvalue weighted by Crippen LogP contribution is -2.27. The summed E-state index contributed by atoms with van der Waals surface area (Å²) >= 11 is 0. The van der Waals surface area contributed by atoms with E-state index in [0.29, 0.717) is 11.7 Å². The number of rotatable bonds is 6. The van der Waals surface area contributed by atoms with Crippen LogP contribution in [0.3, 0.4) is 0 Å². The second-order valence-corrected chi connectivity index (χ2v) is 5.93. The Morgan fingerprint density at radius 1 is 1.33 bits per heavy atom. The molecule has 24 heavy (non-hydrogen) atoms. The Balaban J connectivity index is 1.86. The van der Waals surface area contributed by atoms with Crippen molar-refractivity contribution in [3.8, 4) is 11.5 Å². The topological polar surface area (TPSA) is 59.9 Å². The van der Waals surface area contributed by atoms with E-state index in [-0.39, 0.29) is 12.5 Å². The highest BCUT2D eigenvalue weighted by Crippen LogP contribution is 2.26. The lowest BCUT2D eigenvalue weighted by Gasteiger charge is -2.22. The van der Waals surface area contributed by atoms with Gasteiger partial charge in [0.15, 0.2) is 6.61 Å². The van der Waals surface area contributed by atoms with Gasteiger partial charge in [-0.15, -0.1) is 0 Å². The van der Waals surface area contributed by atoms with Gasteiger partial charge in [-0.05, 0) is 62.4 Å². The second kappa shape index (κ2) is 8.34. The average molecular weight is 328 g/mol. The number of nitrogens with one attached hydrogen (secondary N) is 1. The zero-order valence-electron chi connectivity index (χ0n) is 14.5. The van der Waals surface area contributed by atoms with Gasteiger partial charge < -0.3 is 9.47 Å². The SMILES string of the molecule is C=C(C)C1CC=C(C)/C(=N/NC(=O)COc2ccc(OC)cc2)C1. The number of carbonyl (C=O) groups is 1. The maximum absolute atomic E-state index is 11.9. The van der Waals surface area contributed by atoms with E-state index in [0.717, 1.165) is 35.4 Å². The Bertz CT molecular complexity index is 660.